The number of methoxy groups -OCH3 is 1. The second kappa shape index (κ2) is 10.4. The van der Waals surface area contributed by atoms with Crippen LogP contribution in [0.3, 0.4) is 0 Å². The van der Waals surface area contributed by atoms with E-state index in [9.17, 15) is 15.2 Å². The summed E-state index contributed by atoms with van der Waals surface area (Å²) in [6.07, 6.45) is -0.246. The molecule has 0 atom stereocenters. The molecule has 1 heterocycles. The van der Waals surface area contributed by atoms with Crippen LogP contribution in [0.15, 0.2) is 59.0 Å². The summed E-state index contributed by atoms with van der Waals surface area (Å²) in [7, 11) is 1.56. The van der Waals surface area contributed by atoms with Gasteiger partial charge in [0.25, 0.3) is 0 Å². The zero-order chi connectivity index (χ0) is 24.9. The first-order valence-corrected chi connectivity index (χ1v) is 10.8. The van der Waals surface area contributed by atoms with E-state index in [1.165, 1.54) is 6.07 Å². The number of benzene rings is 3. The number of halogens is 1. The van der Waals surface area contributed by atoms with Crippen LogP contribution >= 0.6 is 0 Å². The number of hydrogen-bond acceptors (Lipinski definition) is 6. The van der Waals surface area contributed by atoms with E-state index >= 15 is 4.39 Å². The molecule has 0 aliphatic heterocycles. The Labute approximate surface area is 201 Å². The number of fused-ring (bicyclic) bond motifs is 1. The van der Waals surface area contributed by atoms with Crippen LogP contribution < -0.4 is 10.5 Å². The molecule has 1 aromatic heterocycles. The molecule has 0 unspecified atom stereocenters. The maximum absolute atomic E-state index is 15.2. The van der Waals surface area contributed by atoms with Gasteiger partial charge in [0, 0.05) is 41.3 Å². The van der Waals surface area contributed by atoms with Gasteiger partial charge in [-0.2, -0.15) is 5.26 Å². The highest BCUT2D eigenvalue weighted by Gasteiger charge is 2.18. The van der Waals surface area contributed by atoms with E-state index in [2.05, 4.69) is 0 Å². The monoisotopic (exact) mass is 474 g/mol. The van der Waals surface area contributed by atoms with Gasteiger partial charge in [0.15, 0.2) is 0 Å². The van der Waals surface area contributed by atoms with Crippen LogP contribution in [0.5, 0.6) is 5.75 Å². The van der Waals surface area contributed by atoms with Crippen molar-refractivity contribution >= 4 is 16.9 Å². The number of hydrogen-bond donors (Lipinski definition) is 2. The van der Waals surface area contributed by atoms with Gasteiger partial charge in [0.05, 0.1) is 18.1 Å². The molecule has 7 nitrogen and oxygen atoms in total. The molecule has 8 heteroatoms. The zero-order valence-electron chi connectivity index (χ0n) is 19.0. The van der Waals surface area contributed by atoms with Crippen LogP contribution in [0.2, 0.25) is 0 Å². The van der Waals surface area contributed by atoms with Crippen LogP contribution in [0.25, 0.3) is 22.1 Å². The number of ether oxygens (including phenoxy) is 2. The predicted molar refractivity (Wildman–Crippen MR) is 127 cm³/mol. The first kappa shape index (κ1) is 24.0. The average Bonchev–Trinajstić information content (AvgIpc) is 3.25. The first-order chi connectivity index (χ1) is 16.9. The molecule has 0 amide bonds. The lowest BCUT2D eigenvalue weighted by Gasteiger charge is -2.13. The fraction of sp³-hybridized carbons (Fsp3) is 0.185. The Bertz CT molecular complexity index is 1440. The van der Waals surface area contributed by atoms with E-state index in [-0.39, 0.29) is 26.2 Å². The van der Waals surface area contributed by atoms with Gasteiger partial charge in [-0.25, -0.2) is 4.39 Å². The van der Waals surface area contributed by atoms with Crippen molar-refractivity contribution in [1.29, 1.82) is 5.26 Å². The van der Waals surface area contributed by atoms with Crippen molar-refractivity contribution < 1.29 is 28.2 Å². The van der Waals surface area contributed by atoms with Gasteiger partial charge in [-0.05, 0) is 35.9 Å². The van der Waals surface area contributed by atoms with E-state index in [1.807, 2.05) is 18.2 Å². The lowest BCUT2D eigenvalue weighted by atomic mass is 9.98. The molecule has 35 heavy (non-hydrogen) atoms. The predicted octanol–water partition coefficient (Wildman–Crippen LogP) is 4.92. The normalized spacial score (nSPS) is 10.9. The number of carboxylic acid groups (broad SMARTS) is 1. The molecule has 0 spiro atoms. The summed E-state index contributed by atoms with van der Waals surface area (Å²) in [6.45, 7) is 0.374. The SMILES string of the molecule is COCc1cc2cc(COc3cc(C#N)ccc3CC(=O)O)cc(-c3cccc(CN)c3F)c2o1. The number of furan rings is 1. The second-order valence-electron chi connectivity index (χ2n) is 7.98. The van der Waals surface area contributed by atoms with Crippen LogP contribution in [0.1, 0.15) is 28.0 Å². The Morgan fingerprint density at radius 2 is 1.94 bits per heavy atom. The maximum atomic E-state index is 15.2. The van der Waals surface area contributed by atoms with Crippen LogP contribution in [-0.2, 0) is 35.7 Å². The summed E-state index contributed by atoms with van der Waals surface area (Å²) in [5.74, 6) is -0.550. The Kier molecular flexibility index (Phi) is 7.11. The molecule has 0 saturated heterocycles. The fourth-order valence-electron chi connectivity index (χ4n) is 3.94. The highest BCUT2D eigenvalue weighted by molar-refractivity contribution is 5.94. The van der Waals surface area contributed by atoms with E-state index < -0.39 is 11.8 Å². The fourth-order valence-corrected chi connectivity index (χ4v) is 3.94. The van der Waals surface area contributed by atoms with E-state index in [0.717, 1.165) is 5.39 Å². The molecule has 0 aliphatic rings. The quantitative estimate of drug-likeness (QED) is 0.353. The second-order valence-corrected chi connectivity index (χ2v) is 7.98. The minimum Gasteiger partial charge on any atom is -0.489 e. The van der Waals surface area contributed by atoms with Gasteiger partial charge in [-0.1, -0.05) is 24.3 Å². The molecule has 4 rings (SSSR count). The lowest BCUT2D eigenvalue weighted by Crippen LogP contribution is -2.05. The number of carbonyl (C=O) groups is 1. The Hall–Kier alpha value is -4.19. The van der Waals surface area contributed by atoms with Gasteiger partial charge in [0.1, 0.15) is 36.1 Å². The molecule has 3 N–H and O–H groups in total. The van der Waals surface area contributed by atoms with Crippen molar-refractivity contribution in [3.8, 4) is 22.9 Å². The third kappa shape index (κ3) is 5.17. The number of nitrogens with two attached hydrogens (primary N) is 1. The van der Waals surface area contributed by atoms with Crippen molar-refractivity contribution in [2.75, 3.05) is 7.11 Å². The summed E-state index contributed by atoms with van der Waals surface area (Å²) in [6, 6.07) is 17.1. The molecule has 0 radical (unpaired) electrons. The van der Waals surface area contributed by atoms with Gasteiger partial charge in [0.2, 0.25) is 0 Å². The van der Waals surface area contributed by atoms with Crippen molar-refractivity contribution in [3.05, 3.63) is 88.4 Å². The van der Waals surface area contributed by atoms with Gasteiger partial charge in [-0.3, -0.25) is 4.79 Å². The topological polar surface area (TPSA) is 119 Å². The van der Waals surface area contributed by atoms with Crippen molar-refractivity contribution in [2.45, 2.75) is 26.2 Å². The lowest BCUT2D eigenvalue weighted by molar-refractivity contribution is -0.136. The minimum absolute atomic E-state index is 0.0558. The standard InChI is InChI=1S/C27H23FN2O5/c1-33-15-21-10-20-7-17(14-34-24-9-16(12-29)5-6-18(24)11-25(31)32)8-23(27(20)35-21)22-4-2-3-19(13-30)26(22)28/h2-10H,11,13-15,30H2,1H3,(H,31,32). The first-order valence-electron chi connectivity index (χ1n) is 10.8. The summed E-state index contributed by atoms with van der Waals surface area (Å²) in [5, 5.41) is 19.2. The van der Waals surface area contributed by atoms with Crippen molar-refractivity contribution in [2.24, 2.45) is 5.73 Å². The van der Waals surface area contributed by atoms with Gasteiger partial charge >= 0.3 is 5.97 Å². The zero-order valence-corrected chi connectivity index (χ0v) is 19.0. The third-order valence-corrected chi connectivity index (χ3v) is 5.53. The third-order valence-electron chi connectivity index (χ3n) is 5.53. The number of nitrogens with zero attached hydrogens (tertiary/aromatic N) is 1. The van der Waals surface area contributed by atoms with Crippen LogP contribution in [0.4, 0.5) is 4.39 Å². The number of rotatable bonds is 9. The number of aliphatic carboxylic acids is 1. The Morgan fingerprint density at radius 1 is 1.11 bits per heavy atom. The number of nitriles is 1. The molecular formula is C27H23FN2O5. The van der Waals surface area contributed by atoms with E-state index in [0.29, 0.717) is 50.5 Å². The highest BCUT2D eigenvalue weighted by atomic mass is 19.1. The summed E-state index contributed by atoms with van der Waals surface area (Å²) in [4.78, 5) is 11.3. The Balaban J connectivity index is 1.77. The van der Waals surface area contributed by atoms with Crippen molar-refractivity contribution in [1.82, 2.24) is 0 Å². The van der Waals surface area contributed by atoms with Gasteiger partial charge < -0.3 is 24.7 Å². The molecule has 4 aromatic rings. The summed E-state index contributed by atoms with van der Waals surface area (Å²) < 4.78 is 32.3. The van der Waals surface area contributed by atoms with E-state index in [1.54, 1.807) is 43.5 Å². The minimum atomic E-state index is -1.01. The molecule has 0 saturated carbocycles. The van der Waals surface area contributed by atoms with Crippen LogP contribution in [0, 0.1) is 17.1 Å². The molecule has 178 valence electrons. The smallest absolute Gasteiger partial charge is 0.307 e. The van der Waals surface area contributed by atoms with E-state index in [4.69, 9.17) is 19.6 Å². The van der Waals surface area contributed by atoms with Crippen LogP contribution in [-0.4, -0.2) is 18.2 Å². The highest BCUT2D eigenvalue weighted by Crippen LogP contribution is 2.35. The molecule has 0 aliphatic carbocycles. The largest absolute Gasteiger partial charge is 0.489 e. The molecule has 0 bridgehead atoms. The Morgan fingerprint density at radius 3 is 2.66 bits per heavy atom. The van der Waals surface area contributed by atoms with Gasteiger partial charge in [-0.15, -0.1) is 0 Å². The molecule has 0 fully saturated rings. The summed E-state index contributed by atoms with van der Waals surface area (Å²) >= 11 is 0. The average molecular weight is 474 g/mol. The maximum Gasteiger partial charge on any atom is 0.307 e. The number of carboxylic acids is 1. The molecular weight excluding hydrogens is 451 g/mol. The van der Waals surface area contributed by atoms with Crippen molar-refractivity contribution in [3.63, 3.8) is 0 Å². The molecule has 3 aromatic carbocycles. The summed E-state index contributed by atoms with van der Waals surface area (Å²) in [5.41, 5.74) is 8.98.